The number of nitrogens with one attached hydrogen (secondary N) is 3. The van der Waals surface area contributed by atoms with E-state index in [1.165, 1.54) is 12.1 Å². The molecule has 13 heteroatoms. The first kappa shape index (κ1) is 40.3. The smallest absolute Gasteiger partial charge is 0.240 e. The minimum Gasteiger partial charge on any atom is -0.370 e. The normalized spacial score (nSPS) is 19.5. The van der Waals surface area contributed by atoms with Crippen LogP contribution in [0.3, 0.4) is 0 Å². The zero-order valence-corrected chi connectivity index (χ0v) is 32.4. The van der Waals surface area contributed by atoms with Gasteiger partial charge in [0.05, 0.1) is 23.8 Å². The number of nitrogens with zero attached hydrogens (tertiary/aromatic N) is 5. The first-order chi connectivity index (χ1) is 25.1. The van der Waals surface area contributed by atoms with Crippen molar-refractivity contribution in [3.8, 4) is 0 Å². The third kappa shape index (κ3) is 11.3. The minimum atomic E-state index is -0.545. The summed E-state index contributed by atoms with van der Waals surface area (Å²) in [5.41, 5.74) is -0.0653. The Morgan fingerprint density at radius 3 is 2.34 bits per heavy atom. The number of rotatable bonds is 15. The van der Waals surface area contributed by atoms with Gasteiger partial charge in [-0.2, -0.15) is 0 Å². The van der Waals surface area contributed by atoms with Crippen LogP contribution in [0.15, 0.2) is 24.5 Å². The van der Waals surface area contributed by atoms with Crippen molar-refractivity contribution in [2.75, 3.05) is 60.9 Å². The van der Waals surface area contributed by atoms with Gasteiger partial charge in [0.2, 0.25) is 11.8 Å². The molecule has 2 amide bonds. The van der Waals surface area contributed by atoms with Gasteiger partial charge in [-0.25, -0.2) is 18.7 Å². The average molecular weight is 739 g/mol. The highest BCUT2D eigenvalue weighted by molar-refractivity contribution is 5.84. The fraction of sp³-hybridized carbons (Fsp3) is 0.675. The summed E-state index contributed by atoms with van der Waals surface area (Å²) in [6.45, 7) is 14.9. The molecule has 5 rings (SSSR count). The molecule has 292 valence electrons. The number of hydrogen-bond acceptors (Lipinski definition) is 9. The molecule has 53 heavy (non-hydrogen) atoms. The van der Waals surface area contributed by atoms with Gasteiger partial charge in [0, 0.05) is 56.8 Å². The molecule has 2 aromatic rings. The lowest BCUT2D eigenvalue weighted by Gasteiger charge is -2.48. The van der Waals surface area contributed by atoms with Gasteiger partial charge in [-0.3, -0.25) is 14.5 Å². The van der Waals surface area contributed by atoms with Gasteiger partial charge in [0.25, 0.3) is 0 Å². The van der Waals surface area contributed by atoms with Gasteiger partial charge >= 0.3 is 0 Å². The highest BCUT2D eigenvalue weighted by atomic mass is 19.1. The molecule has 11 nitrogen and oxygen atoms in total. The van der Waals surface area contributed by atoms with Crippen molar-refractivity contribution in [1.29, 1.82) is 0 Å². The van der Waals surface area contributed by atoms with Crippen molar-refractivity contribution in [2.24, 2.45) is 10.8 Å². The largest absolute Gasteiger partial charge is 0.370 e. The fourth-order valence-electron chi connectivity index (χ4n) is 7.56. The van der Waals surface area contributed by atoms with Gasteiger partial charge in [-0.15, -0.1) is 0 Å². The lowest BCUT2D eigenvalue weighted by Crippen LogP contribution is -2.66. The van der Waals surface area contributed by atoms with Crippen LogP contribution in [-0.4, -0.2) is 90.4 Å². The van der Waals surface area contributed by atoms with Crippen LogP contribution in [0.25, 0.3) is 0 Å². The van der Waals surface area contributed by atoms with Crippen LogP contribution in [-0.2, 0) is 20.9 Å². The van der Waals surface area contributed by atoms with Crippen molar-refractivity contribution in [3.05, 3.63) is 41.7 Å². The molecule has 1 unspecified atom stereocenters. The zero-order chi connectivity index (χ0) is 38.2. The van der Waals surface area contributed by atoms with Crippen molar-refractivity contribution < 1.29 is 23.2 Å². The lowest BCUT2D eigenvalue weighted by atomic mass is 9.82. The lowest BCUT2D eigenvalue weighted by molar-refractivity contribution is -0.125. The number of unbranched alkanes of at least 4 members (excludes halogenated alkanes) is 4. The molecule has 4 heterocycles. The monoisotopic (exact) mass is 738 g/mol. The summed E-state index contributed by atoms with van der Waals surface area (Å²) < 4.78 is 31.0. The average Bonchev–Trinajstić information content (AvgIpc) is 3.10. The highest BCUT2D eigenvalue weighted by Crippen LogP contribution is 2.34. The summed E-state index contributed by atoms with van der Waals surface area (Å²) in [4.78, 5) is 51.4. The van der Waals surface area contributed by atoms with Crippen LogP contribution < -0.4 is 25.8 Å². The molecule has 3 saturated heterocycles. The van der Waals surface area contributed by atoms with Crippen LogP contribution in [0.5, 0.6) is 0 Å². The summed E-state index contributed by atoms with van der Waals surface area (Å²) in [6, 6.07) is 4.06. The van der Waals surface area contributed by atoms with E-state index in [-0.39, 0.29) is 34.9 Å². The zero-order valence-electron chi connectivity index (χ0n) is 32.4. The standard InChI is InChI=1S/C40H60F2N8O3/c1-38(2,3)33(26-51)46-36(52)11-9-7-6-8-10-16-43-34-23-35(45-28-44-34)49-19-14-40(15-20-49)27-50(25-37(53)47-40)32-22-30(41)29(21-31(32)42)24-48-17-12-39(4,5)13-18-48/h21-23,26,28,33H,6-20,24-25,27H2,1-5H3,(H,46,52)(H,47,53)(H,43,44,45). The van der Waals surface area contributed by atoms with Crippen molar-refractivity contribution in [1.82, 2.24) is 25.5 Å². The Balaban J connectivity index is 1.05. The van der Waals surface area contributed by atoms with Crippen molar-refractivity contribution >= 4 is 35.4 Å². The summed E-state index contributed by atoms with van der Waals surface area (Å²) in [6.07, 6.45) is 10.9. The second-order valence-corrected chi connectivity index (χ2v) is 17.3. The van der Waals surface area contributed by atoms with E-state index in [0.29, 0.717) is 51.0 Å². The van der Waals surface area contributed by atoms with Crippen LogP contribution in [0.4, 0.5) is 26.1 Å². The van der Waals surface area contributed by atoms with Gasteiger partial charge in [-0.1, -0.05) is 53.9 Å². The Morgan fingerprint density at radius 2 is 1.64 bits per heavy atom. The molecule has 1 atom stereocenters. The van der Waals surface area contributed by atoms with E-state index in [1.54, 1.807) is 11.2 Å². The number of aldehydes is 1. The number of likely N-dealkylation sites (tertiary alicyclic amines) is 1. The highest BCUT2D eigenvalue weighted by Gasteiger charge is 2.42. The maximum atomic E-state index is 15.6. The molecule has 3 fully saturated rings. The summed E-state index contributed by atoms with van der Waals surface area (Å²) in [5.74, 6) is 0.364. The Bertz CT molecular complexity index is 1560. The van der Waals surface area contributed by atoms with Gasteiger partial charge in [-0.05, 0) is 68.5 Å². The second-order valence-electron chi connectivity index (χ2n) is 17.3. The number of halogens is 2. The van der Waals surface area contributed by atoms with E-state index in [0.717, 1.165) is 82.5 Å². The number of anilines is 3. The minimum absolute atomic E-state index is 0.0129. The summed E-state index contributed by atoms with van der Waals surface area (Å²) in [5, 5.41) is 9.41. The van der Waals surface area contributed by atoms with E-state index in [9.17, 15) is 14.4 Å². The number of carbonyl (C=O) groups is 3. The Kier molecular flexibility index (Phi) is 13.3. The molecule has 3 N–H and O–H groups in total. The van der Waals surface area contributed by atoms with Gasteiger partial charge in [0.1, 0.15) is 35.9 Å². The van der Waals surface area contributed by atoms with Crippen LogP contribution in [0, 0.1) is 22.5 Å². The van der Waals surface area contributed by atoms with E-state index in [1.807, 2.05) is 26.8 Å². The van der Waals surface area contributed by atoms with E-state index < -0.39 is 23.2 Å². The number of aromatic nitrogens is 2. The number of carbonyl (C=O) groups excluding carboxylic acids is 3. The van der Waals surface area contributed by atoms with E-state index >= 15 is 8.78 Å². The van der Waals surface area contributed by atoms with E-state index in [4.69, 9.17) is 0 Å². The third-order valence-electron chi connectivity index (χ3n) is 11.3. The van der Waals surface area contributed by atoms with Crippen LogP contribution >= 0.6 is 0 Å². The predicted octanol–water partition coefficient (Wildman–Crippen LogP) is 5.83. The molecule has 0 aliphatic carbocycles. The first-order valence-corrected chi connectivity index (χ1v) is 19.5. The molecule has 1 aromatic carbocycles. The Labute approximate surface area is 314 Å². The number of piperazine rings is 1. The maximum Gasteiger partial charge on any atom is 0.240 e. The molecule has 0 bridgehead atoms. The molecule has 0 radical (unpaired) electrons. The second kappa shape index (κ2) is 17.5. The molecule has 3 aliphatic heterocycles. The maximum absolute atomic E-state index is 15.6. The van der Waals surface area contributed by atoms with Crippen molar-refractivity contribution in [2.45, 2.75) is 117 Å². The quantitative estimate of drug-likeness (QED) is 0.153. The number of piperidine rings is 2. The summed E-state index contributed by atoms with van der Waals surface area (Å²) >= 11 is 0. The molecular weight excluding hydrogens is 678 g/mol. The van der Waals surface area contributed by atoms with Crippen LogP contribution in [0.1, 0.15) is 104 Å². The fourth-order valence-corrected chi connectivity index (χ4v) is 7.56. The molecule has 1 aromatic heterocycles. The van der Waals surface area contributed by atoms with Crippen LogP contribution in [0.2, 0.25) is 0 Å². The predicted molar refractivity (Wildman–Crippen MR) is 205 cm³/mol. The summed E-state index contributed by atoms with van der Waals surface area (Å²) in [7, 11) is 0. The van der Waals surface area contributed by atoms with Gasteiger partial charge in [0.15, 0.2) is 0 Å². The Hall–Kier alpha value is -3.87. The molecule has 3 aliphatic rings. The van der Waals surface area contributed by atoms with E-state index in [2.05, 4.69) is 49.6 Å². The molecule has 0 saturated carbocycles. The SMILES string of the molecule is CC1(C)CCN(Cc2cc(F)c(N3CC(=O)NC4(CCN(c5cc(NCCCCCCCC(=O)NC(C=O)C(C)(C)C)ncn5)CC4)C3)cc2F)CC1. The Morgan fingerprint density at radius 1 is 0.943 bits per heavy atom. The van der Waals surface area contributed by atoms with Gasteiger partial charge < -0.3 is 30.5 Å². The van der Waals surface area contributed by atoms with Crippen molar-refractivity contribution in [3.63, 3.8) is 0 Å². The third-order valence-corrected chi connectivity index (χ3v) is 11.3. The number of amides is 2. The number of benzene rings is 1. The first-order valence-electron chi connectivity index (χ1n) is 19.5. The number of hydrogen-bond donors (Lipinski definition) is 3. The molecule has 1 spiro atoms. The topological polar surface area (TPSA) is 123 Å². The molecular formula is C40H60F2N8O3.